The van der Waals surface area contributed by atoms with Crippen molar-refractivity contribution in [3.8, 4) is 0 Å². The topological polar surface area (TPSA) is 69.3 Å². The summed E-state index contributed by atoms with van der Waals surface area (Å²) in [5.74, 6) is 0.377. The molecule has 0 spiro atoms. The van der Waals surface area contributed by atoms with Crippen molar-refractivity contribution in [2.45, 2.75) is 39.2 Å². The highest BCUT2D eigenvalue weighted by Crippen LogP contribution is 2.34. The number of fused-ring (bicyclic) bond motifs is 4. The molecule has 6 rings (SSSR count). The molecule has 6 nitrogen and oxygen atoms in total. The molecule has 4 aromatic rings. The predicted molar refractivity (Wildman–Crippen MR) is 135 cm³/mol. The third kappa shape index (κ3) is 3.66. The number of piperazine rings is 1. The Morgan fingerprint density at radius 2 is 1.91 bits per heavy atom. The lowest BCUT2D eigenvalue weighted by atomic mass is 9.97. The van der Waals surface area contributed by atoms with Gasteiger partial charge in [-0.15, -0.1) is 22.7 Å². The first kappa shape index (κ1) is 21.9. The first-order chi connectivity index (χ1) is 16.5. The third-order valence-electron chi connectivity index (χ3n) is 7.00. The number of aromatic nitrogens is 2. The van der Waals surface area contributed by atoms with Crippen LogP contribution in [0.15, 0.2) is 23.0 Å². The Hall–Kier alpha value is -2.62. The van der Waals surface area contributed by atoms with Crippen molar-refractivity contribution >= 4 is 48.9 Å². The first-order valence-corrected chi connectivity index (χ1v) is 13.4. The molecular weight excluding hydrogens is 471 g/mol. The van der Waals surface area contributed by atoms with Crippen molar-refractivity contribution < 1.29 is 9.18 Å². The van der Waals surface area contributed by atoms with E-state index in [-0.39, 0.29) is 17.3 Å². The van der Waals surface area contributed by atoms with E-state index < -0.39 is 0 Å². The van der Waals surface area contributed by atoms with Crippen LogP contribution in [0, 0.1) is 12.7 Å². The molecule has 1 amide bonds. The van der Waals surface area contributed by atoms with Gasteiger partial charge in [-0.1, -0.05) is 6.07 Å². The molecule has 176 valence electrons. The van der Waals surface area contributed by atoms with Crippen LogP contribution in [0.1, 0.15) is 44.3 Å². The maximum Gasteiger partial charge on any atom is 0.264 e. The van der Waals surface area contributed by atoms with Crippen LogP contribution in [-0.2, 0) is 19.4 Å². The van der Waals surface area contributed by atoms with Gasteiger partial charge in [-0.2, -0.15) is 0 Å². The van der Waals surface area contributed by atoms with E-state index in [1.807, 2.05) is 17.9 Å². The summed E-state index contributed by atoms with van der Waals surface area (Å²) in [6.07, 6.45) is 4.34. The largest absolute Gasteiger partial charge is 0.335 e. The maximum atomic E-state index is 14.3. The van der Waals surface area contributed by atoms with Gasteiger partial charge < -0.3 is 9.88 Å². The van der Waals surface area contributed by atoms with Gasteiger partial charge in [-0.3, -0.25) is 14.5 Å². The number of hydrogen-bond donors (Lipinski definition) is 1. The number of rotatable bonds is 3. The van der Waals surface area contributed by atoms with Crippen molar-refractivity contribution in [1.29, 1.82) is 0 Å². The summed E-state index contributed by atoms with van der Waals surface area (Å²) < 4.78 is 15.1. The van der Waals surface area contributed by atoms with E-state index in [4.69, 9.17) is 4.98 Å². The summed E-state index contributed by atoms with van der Waals surface area (Å²) in [5.41, 5.74) is 1.90. The maximum absolute atomic E-state index is 14.3. The molecule has 9 heteroatoms. The van der Waals surface area contributed by atoms with Crippen molar-refractivity contribution in [1.82, 2.24) is 19.8 Å². The fraction of sp³-hybridized carbons (Fsp3) is 0.400. The fourth-order valence-corrected chi connectivity index (χ4v) is 7.68. The lowest BCUT2D eigenvalue weighted by Gasteiger charge is -2.34. The van der Waals surface area contributed by atoms with Crippen molar-refractivity contribution in [3.63, 3.8) is 0 Å². The molecule has 1 aliphatic carbocycles. The number of nitrogens with one attached hydrogen (secondary N) is 1. The number of aromatic amines is 1. The molecule has 1 aromatic carbocycles. The van der Waals surface area contributed by atoms with Crippen LogP contribution in [0.3, 0.4) is 0 Å². The normalized spacial score (nSPS) is 16.9. The zero-order chi connectivity index (χ0) is 23.4. The molecule has 1 N–H and O–H groups in total. The lowest BCUT2D eigenvalue weighted by Crippen LogP contribution is -2.48. The molecule has 1 fully saturated rings. The minimum atomic E-state index is -0.278. The second-order valence-corrected chi connectivity index (χ2v) is 11.3. The van der Waals surface area contributed by atoms with Gasteiger partial charge in [0.05, 0.1) is 16.8 Å². The number of nitrogens with zero attached hydrogens (tertiary/aromatic N) is 3. The Morgan fingerprint density at radius 1 is 1.12 bits per heavy atom. The summed E-state index contributed by atoms with van der Waals surface area (Å²) in [7, 11) is 0. The minimum Gasteiger partial charge on any atom is -0.335 e. The number of hydrogen-bond acceptors (Lipinski definition) is 6. The minimum absolute atomic E-state index is 0.0271. The van der Waals surface area contributed by atoms with Crippen LogP contribution in [0.5, 0.6) is 0 Å². The summed E-state index contributed by atoms with van der Waals surface area (Å²) >= 11 is 3.03. The Balaban J connectivity index is 1.16. The molecule has 0 atom stereocenters. The monoisotopic (exact) mass is 496 g/mol. The number of amides is 1. The number of carbonyl (C=O) groups excluding carboxylic acids is 1. The molecule has 3 aromatic heterocycles. The lowest BCUT2D eigenvalue weighted by molar-refractivity contribution is 0.0629. The highest BCUT2D eigenvalue weighted by Gasteiger charge is 2.27. The highest BCUT2D eigenvalue weighted by molar-refractivity contribution is 7.21. The van der Waals surface area contributed by atoms with E-state index in [1.54, 1.807) is 17.4 Å². The predicted octanol–water partition coefficient (Wildman–Crippen LogP) is 4.48. The van der Waals surface area contributed by atoms with E-state index >= 15 is 0 Å². The van der Waals surface area contributed by atoms with Crippen molar-refractivity contribution in [2.24, 2.45) is 0 Å². The van der Waals surface area contributed by atoms with Crippen LogP contribution in [0.2, 0.25) is 0 Å². The highest BCUT2D eigenvalue weighted by atomic mass is 32.1. The summed E-state index contributed by atoms with van der Waals surface area (Å²) in [5, 5.41) is 1.34. The number of thiophene rings is 2. The van der Waals surface area contributed by atoms with E-state index in [0.717, 1.165) is 39.7 Å². The summed E-state index contributed by atoms with van der Waals surface area (Å²) in [6.45, 7) is 4.97. The molecule has 4 heterocycles. The zero-order valence-corrected chi connectivity index (χ0v) is 20.6. The molecule has 0 bridgehead atoms. The SMILES string of the molecule is Cc1c(C(=O)N2CCN(Cc3nc4sc5c(c4c(=O)[nH]3)CCCC5)CC2)sc2cccc(F)c12. The van der Waals surface area contributed by atoms with E-state index in [1.165, 1.54) is 34.3 Å². The first-order valence-electron chi connectivity index (χ1n) is 11.7. The number of halogens is 1. The summed E-state index contributed by atoms with van der Waals surface area (Å²) in [4.78, 5) is 40.7. The molecule has 2 aliphatic rings. The Kier molecular flexibility index (Phi) is 5.50. The van der Waals surface area contributed by atoms with Gasteiger partial charge in [0.15, 0.2) is 0 Å². The van der Waals surface area contributed by atoms with Gasteiger partial charge in [0.2, 0.25) is 0 Å². The second-order valence-electron chi connectivity index (χ2n) is 9.14. The number of aryl methyl sites for hydroxylation is 3. The molecule has 0 unspecified atom stereocenters. The molecule has 34 heavy (non-hydrogen) atoms. The molecule has 1 saturated heterocycles. The van der Waals surface area contributed by atoms with Gasteiger partial charge in [0, 0.05) is 41.1 Å². The average molecular weight is 497 g/mol. The Bertz CT molecular complexity index is 1480. The van der Waals surface area contributed by atoms with Gasteiger partial charge >= 0.3 is 0 Å². The molecule has 0 radical (unpaired) electrons. The van der Waals surface area contributed by atoms with E-state index in [0.29, 0.717) is 48.8 Å². The number of benzene rings is 1. The zero-order valence-electron chi connectivity index (χ0n) is 18.9. The van der Waals surface area contributed by atoms with Crippen molar-refractivity contribution in [2.75, 3.05) is 26.2 Å². The molecular formula is C25H25FN4O2S2. The van der Waals surface area contributed by atoms with Gasteiger partial charge in [0.1, 0.15) is 16.5 Å². The van der Waals surface area contributed by atoms with Crippen LogP contribution < -0.4 is 5.56 Å². The van der Waals surface area contributed by atoms with Crippen LogP contribution >= 0.6 is 22.7 Å². The van der Waals surface area contributed by atoms with E-state index in [2.05, 4.69) is 9.88 Å². The van der Waals surface area contributed by atoms with E-state index in [9.17, 15) is 14.0 Å². The number of H-pyrrole nitrogens is 1. The Labute approximate surface area is 204 Å². The second kappa shape index (κ2) is 8.55. The van der Waals surface area contributed by atoms with Crippen molar-refractivity contribution in [3.05, 3.63) is 61.1 Å². The standard InChI is InChI=1S/C25H25FN4O2S2/c1-14-20-16(26)6-4-8-18(20)33-22(14)25(32)30-11-9-29(10-12-30)13-19-27-23(31)21-15-5-2-3-7-17(15)34-24(21)28-19/h4,6,8H,2-3,5,7,9-13H2,1H3,(H,27,28,31). The molecule has 1 aliphatic heterocycles. The quantitative estimate of drug-likeness (QED) is 0.454. The number of carbonyl (C=O) groups is 1. The Morgan fingerprint density at radius 3 is 2.71 bits per heavy atom. The van der Waals surface area contributed by atoms with Gasteiger partial charge in [0.25, 0.3) is 11.5 Å². The van der Waals surface area contributed by atoms with Crippen LogP contribution in [0.4, 0.5) is 4.39 Å². The summed E-state index contributed by atoms with van der Waals surface area (Å²) in [6, 6.07) is 4.98. The third-order valence-corrected chi connectivity index (χ3v) is 9.43. The smallest absolute Gasteiger partial charge is 0.264 e. The van der Waals surface area contributed by atoms with Crippen LogP contribution in [0.25, 0.3) is 20.3 Å². The molecule has 0 saturated carbocycles. The van der Waals surface area contributed by atoms with Gasteiger partial charge in [-0.05, 0) is 55.9 Å². The average Bonchev–Trinajstić information content (AvgIpc) is 3.37. The van der Waals surface area contributed by atoms with Crippen LogP contribution in [-0.4, -0.2) is 51.9 Å². The fourth-order valence-electron chi connectivity index (χ4n) is 5.21. The van der Waals surface area contributed by atoms with Gasteiger partial charge in [-0.25, -0.2) is 9.37 Å².